The van der Waals surface area contributed by atoms with Crippen LogP contribution in [0.1, 0.15) is 63.5 Å². The Morgan fingerprint density at radius 2 is 1.09 bits per heavy atom. The number of aryl methyl sites for hydroxylation is 1. The van der Waals surface area contributed by atoms with Crippen molar-refractivity contribution in [3.8, 4) is 5.75 Å². The summed E-state index contributed by atoms with van der Waals surface area (Å²) in [6.45, 7) is 4.12. The molecule has 7 rings (SSSR count). The van der Waals surface area contributed by atoms with E-state index in [9.17, 15) is 5.11 Å². The molecule has 0 spiro atoms. The number of aliphatic hydroxyl groups is 2. The van der Waals surface area contributed by atoms with E-state index in [-0.39, 0.29) is 37.3 Å². The minimum absolute atomic E-state index is 0.0416. The van der Waals surface area contributed by atoms with Gasteiger partial charge in [-0.05, 0) is 70.0 Å². The normalized spacial score (nSPS) is 16.3. The van der Waals surface area contributed by atoms with Gasteiger partial charge in [0.25, 0.3) is 0 Å². The van der Waals surface area contributed by atoms with Crippen molar-refractivity contribution in [1.82, 2.24) is 0 Å². The van der Waals surface area contributed by atoms with Gasteiger partial charge in [-0.25, -0.2) is 0 Å². The topological polar surface area (TPSA) is 88.4 Å². The number of benzene rings is 6. The van der Waals surface area contributed by atoms with E-state index >= 15 is 0 Å². The molecule has 54 heavy (non-hydrogen) atoms. The molecule has 0 saturated carbocycles. The third-order valence-corrected chi connectivity index (χ3v) is 9.23. The van der Waals surface area contributed by atoms with E-state index in [1.54, 1.807) is 12.1 Å². The van der Waals surface area contributed by atoms with Crippen molar-refractivity contribution in [2.24, 2.45) is 0 Å². The number of rotatable bonds is 12. The van der Waals surface area contributed by atoms with E-state index in [0.717, 1.165) is 36.0 Å². The predicted molar refractivity (Wildman–Crippen MR) is 215 cm³/mol. The number of phenolic OH excluding ortho intramolecular Hbond substituents is 1. The molecule has 1 aliphatic heterocycles. The van der Waals surface area contributed by atoms with Crippen LogP contribution < -0.4 is 0 Å². The molecule has 3 atom stereocenters. The summed E-state index contributed by atoms with van der Waals surface area (Å²) in [7, 11) is 0. The molecule has 1 heterocycles. The number of aliphatic hydroxyl groups excluding tert-OH is 2. The van der Waals surface area contributed by atoms with Gasteiger partial charge in [-0.1, -0.05) is 152 Å². The van der Waals surface area contributed by atoms with E-state index in [0.29, 0.717) is 19.8 Å². The Bertz CT molecular complexity index is 1840. The predicted octanol–water partition coefficient (Wildman–Crippen LogP) is 9.67. The highest BCUT2D eigenvalue weighted by atomic mass is 16.5. The average Bonchev–Trinajstić information content (AvgIpc) is 3.23. The fourth-order valence-corrected chi connectivity index (χ4v) is 6.18. The highest BCUT2D eigenvalue weighted by Gasteiger charge is 2.31. The van der Waals surface area contributed by atoms with Crippen LogP contribution in [0.2, 0.25) is 0 Å². The van der Waals surface area contributed by atoms with Crippen LogP contribution in [0.4, 0.5) is 0 Å². The Labute approximate surface area is 320 Å². The molecule has 0 bridgehead atoms. The van der Waals surface area contributed by atoms with Crippen molar-refractivity contribution in [3.05, 3.63) is 208 Å². The molecule has 3 unspecified atom stereocenters. The SMILES string of the molecule is Cc1ccc(C2CC(OCc3ccccc3)CC(COCc3ccccc3)O2)cc1Cc1ccc(O)cc1.OCc1ccccc1.OCc1ccccc1. The van der Waals surface area contributed by atoms with Gasteiger partial charge in [0.05, 0.1) is 51.3 Å². The summed E-state index contributed by atoms with van der Waals surface area (Å²) in [5.41, 5.74) is 9.13. The fourth-order valence-electron chi connectivity index (χ4n) is 6.18. The van der Waals surface area contributed by atoms with Gasteiger partial charge < -0.3 is 29.5 Å². The molecule has 3 N–H and O–H groups in total. The van der Waals surface area contributed by atoms with Crippen LogP contribution >= 0.6 is 0 Å². The van der Waals surface area contributed by atoms with Crippen LogP contribution in [-0.4, -0.2) is 34.1 Å². The first-order valence-electron chi connectivity index (χ1n) is 18.6. The molecule has 1 aliphatic rings. The lowest BCUT2D eigenvalue weighted by Crippen LogP contribution is -2.35. The van der Waals surface area contributed by atoms with Crippen LogP contribution in [0, 0.1) is 6.92 Å². The van der Waals surface area contributed by atoms with Gasteiger partial charge in [0.2, 0.25) is 0 Å². The summed E-state index contributed by atoms with van der Waals surface area (Å²) in [5, 5.41) is 26.7. The quantitative estimate of drug-likeness (QED) is 0.117. The van der Waals surface area contributed by atoms with Crippen LogP contribution in [-0.2, 0) is 47.1 Å². The molecule has 1 fully saturated rings. The smallest absolute Gasteiger partial charge is 0.115 e. The second kappa shape index (κ2) is 22.2. The maximum Gasteiger partial charge on any atom is 0.115 e. The maximum absolute atomic E-state index is 9.65. The van der Waals surface area contributed by atoms with Gasteiger partial charge in [-0.3, -0.25) is 0 Å². The zero-order valence-corrected chi connectivity index (χ0v) is 31.0. The molecule has 0 amide bonds. The maximum atomic E-state index is 9.65. The molecular weight excluding hydrogens is 673 g/mol. The highest BCUT2D eigenvalue weighted by Crippen LogP contribution is 2.35. The summed E-state index contributed by atoms with van der Waals surface area (Å²) in [5.74, 6) is 0.289. The summed E-state index contributed by atoms with van der Waals surface area (Å²) >= 11 is 0. The molecule has 6 heteroatoms. The lowest BCUT2D eigenvalue weighted by Gasteiger charge is -2.36. The lowest BCUT2D eigenvalue weighted by molar-refractivity contribution is -0.142. The Balaban J connectivity index is 0.000000287. The van der Waals surface area contributed by atoms with Crippen molar-refractivity contribution >= 4 is 0 Å². The number of hydrogen-bond acceptors (Lipinski definition) is 6. The van der Waals surface area contributed by atoms with Gasteiger partial charge in [-0.15, -0.1) is 0 Å². The lowest BCUT2D eigenvalue weighted by atomic mass is 9.92. The number of hydrogen-bond donors (Lipinski definition) is 3. The minimum atomic E-state index is -0.0611. The van der Waals surface area contributed by atoms with Crippen LogP contribution in [0.15, 0.2) is 164 Å². The Hall–Kier alpha value is -5.08. The van der Waals surface area contributed by atoms with Crippen molar-refractivity contribution in [1.29, 1.82) is 0 Å². The van der Waals surface area contributed by atoms with Crippen LogP contribution in [0.25, 0.3) is 0 Å². The van der Waals surface area contributed by atoms with E-state index in [1.807, 2.05) is 109 Å². The van der Waals surface area contributed by atoms with Gasteiger partial charge in [-0.2, -0.15) is 0 Å². The fraction of sp³-hybridized carbons (Fsp3) is 0.250. The van der Waals surface area contributed by atoms with E-state index in [4.69, 9.17) is 24.4 Å². The average molecular weight is 725 g/mol. The molecule has 0 radical (unpaired) electrons. The Kier molecular flexibility index (Phi) is 16.5. The molecule has 1 saturated heterocycles. The molecular formula is C48H52O6. The first-order valence-corrected chi connectivity index (χ1v) is 18.6. The zero-order valence-electron chi connectivity index (χ0n) is 31.0. The van der Waals surface area contributed by atoms with Crippen LogP contribution in [0.5, 0.6) is 5.75 Å². The highest BCUT2D eigenvalue weighted by molar-refractivity contribution is 5.38. The molecule has 0 aliphatic carbocycles. The number of ether oxygens (including phenoxy) is 3. The Morgan fingerprint density at radius 1 is 0.574 bits per heavy atom. The third kappa shape index (κ3) is 13.7. The standard InChI is InChI=1S/C34H36O4.2C7H8O/c1-25-12-15-29(19-30(25)18-26-13-16-31(35)17-14-26)34-21-32(37-23-28-10-6-3-7-11-28)20-33(38-34)24-36-22-27-8-4-2-5-9-27;2*8-6-7-4-2-1-3-5-7/h2-17,19,32-35H,18,20-24H2,1H3;2*1-5,8H,6H2. The minimum Gasteiger partial charge on any atom is -0.508 e. The number of phenols is 1. The van der Waals surface area contributed by atoms with Crippen molar-refractivity contribution < 1.29 is 29.5 Å². The van der Waals surface area contributed by atoms with Gasteiger partial charge in [0.1, 0.15) is 5.75 Å². The molecule has 6 aromatic rings. The first kappa shape index (κ1) is 40.1. The van der Waals surface area contributed by atoms with Gasteiger partial charge >= 0.3 is 0 Å². The number of aromatic hydroxyl groups is 1. The van der Waals surface area contributed by atoms with Crippen molar-refractivity contribution in [2.45, 2.75) is 70.9 Å². The van der Waals surface area contributed by atoms with Crippen molar-refractivity contribution in [3.63, 3.8) is 0 Å². The summed E-state index contributed by atoms with van der Waals surface area (Å²) in [4.78, 5) is 0. The molecule has 0 aromatic heterocycles. The second-order valence-corrected chi connectivity index (χ2v) is 13.5. The van der Waals surface area contributed by atoms with Crippen molar-refractivity contribution in [2.75, 3.05) is 6.61 Å². The van der Waals surface area contributed by atoms with Gasteiger partial charge in [0.15, 0.2) is 0 Å². The van der Waals surface area contributed by atoms with E-state index in [1.165, 1.54) is 27.8 Å². The largest absolute Gasteiger partial charge is 0.508 e. The second-order valence-electron chi connectivity index (χ2n) is 13.5. The van der Waals surface area contributed by atoms with Crippen LogP contribution in [0.3, 0.4) is 0 Å². The van der Waals surface area contributed by atoms with E-state index in [2.05, 4.69) is 49.4 Å². The van der Waals surface area contributed by atoms with E-state index < -0.39 is 0 Å². The van der Waals surface area contributed by atoms with Gasteiger partial charge in [0, 0.05) is 12.8 Å². The summed E-state index contributed by atoms with van der Waals surface area (Å²) in [6, 6.07) is 53.7. The summed E-state index contributed by atoms with van der Waals surface area (Å²) in [6.07, 6.45) is 2.41. The zero-order chi connectivity index (χ0) is 37.8. The monoisotopic (exact) mass is 724 g/mol. The molecule has 6 nitrogen and oxygen atoms in total. The third-order valence-electron chi connectivity index (χ3n) is 9.23. The Morgan fingerprint density at radius 3 is 1.61 bits per heavy atom. The molecule has 6 aromatic carbocycles. The first-order chi connectivity index (χ1) is 26.5. The summed E-state index contributed by atoms with van der Waals surface area (Å²) < 4.78 is 19.1. The molecule has 280 valence electrons.